The van der Waals surface area contributed by atoms with Crippen molar-refractivity contribution in [2.75, 3.05) is 32.0 Å². The largest absolute Gasteiger partial charge is 0.497 e. The van der Waals surface area contributed by atoms with Gasteiger partial charge in [-0.05, 0) is 61.0 Å². The van der Waals surface area contributed by atoms with Crippen LogP contribution in [0.15, 0.2) is 78.3 Å². The number of hydrogen-bond donors (Lipinski definition) is 2. The molecule has 0 spiro atoms. The van der Waals surface area contributed by atoms with Crippen LogP contribution in [-0.4, -0.2) is 47.0 Å². The number of ether oxygens (including phenoxy) is 3. The van der Waals surface area contributed by atoms with Crippen molar-refractivity contribution in [1.29, 1.82) is 0 Å². The number of amides is 1. The number of carbonyl (C=O) groups is 1. The number of rotatable bonds is 7. The van der Waals surface area contributed by atoms with E-state index in [4.69, 9.17) is 24.3 Å². The van der Waals surface area contributed by atoms with Gasteiger partial charge in [0, 0.05) is 17.5 Å². The molecule has 0 saturated carbocycles. The average Bonchev–Trinajstić information content (AvgIpc) is 3.36. The van der Waals surface area contributed by atoms with E-state index in [1.807, 2.05) is 49.4 Å². The third-order valence-electron chi connectivity index (χ3n) is 6.09. The monoisotopic (exact) mass is 498 g/mol. The highest BCUT2D eigenvalue weighted by atomic mass is 16.5. The van der Waals surface area contributed by atoms with Crippen LogP contribution in [0.1, 0.15) is 18.5 Å². The molecule has 1 aliphatic rings. The van der Waals surface area contributed by atoms with Gasteiger partial charge in [-0.2, -0.15) is 4.98 Å². The SMILES string of the molecule is COc1ccc(-c2nc3n(n2)[C@@H](c2ccc(OC)c(OC)c2)C(C(=O)Nc2cccnc2)=C(C)N3)cc1. The Morgan fingerprint density at radius 1 is 1.00 bits per heavy atom. The van der Waals surface area contributed by atoms with E-state index in [-0.39, 0.29) is 5.91 Å². The van der Waals surface area contributed by atoms with Crippen LogP contribution in [0.3, 0.4) is 0 Å². The summed E-state index contributed by atoms with van der Waals surface area (Å²) in [5.74, 6) is 2.60. The number of anilines is 2. The van der Waals surface area contributed by atoms with Crippen molar-refractivity contribution >= 4 is 17.5 Å². The van der Waals surface area contributed by atoms with Crippen molar-refractivity contribution in [3.63, 3.8) is 0 Å². The molecule has 2 N–H and O–H groups in total. The molecule has 3 heterocycles. The third-order valence-corrected chi connectivity index (χ3v) is 6.09. The fourth-order valence-corrected chi connectivity index (χ4v) is 4.27. The molecule has 0 fully saturated rings. The number of methoxy groups -OCH3 is 3. The zero-order valence-corrected chi connectivity index (χ0v) is 20.9. The Balaban J connectivity index is 1.62. The van der Waals surface area contributed by atoms with Crippen molar-refractivity contribution in [2.45, 2.75) is 13.0 Å². The molecule has 2 aromatic heterocycles. The van der Waals surface area contributed by atoms with E-state index in [0.717, 1.165) is 16.9 Å². The van der Waals surface area contributed by atoms with Crippen molar-refractivity contribution in [3.05, 3.63) is 83.8 Å². The lowest BCUT2D eigenvalue weighted by molar-refractivity contribution is -0.113. The van der Waals surface area contributed by atoms with Gasteiger partial charge in [0.1, 0.15) is 11.8 Å². The van der Waals surface area contributed by atoms with Crippen molar-refractivity contribution < 1.29 is 19.0 Å². The van der Waals surface area contributed by atoms with Gasteiger partial charge < -0.3 is 24.8 Å². The molecule has 188 valence electrons. The number of nitrogens with zero attached hydrogens (tertiary/aromatic N) is 4. The maximum Gasteiger partial charge on any atom is 0.255 e. The number of fused-ring (bicyclic) bond motifs is 1. The molecule has 37 heavy (non-hydrogen) atoms. The molecule has 0 unspecified atom stereocenters. The number of hydrogen-bond acceptors (Lipinski definition) is 8. The lowest BCUT2D eigenvalue weighted by Crippen LogP contribution is -2.31. The molecule has 0 radical (unpaired) electrons. The number of allylic oxidation sites excluding steroid dienone is 1. The standard InChI is InChI=1S/C27H26N6O4/c1-16-23(26(34)30-19-6-5-13-28-15-19)24(18-9-12-21(36-3)22(14-18)37-4)33-27(29-16)31-25(32-33)17-7-10-20(35-2)11-8-17/h5-15,24H,1-4H3,(H,30,34)(H,29,31,32)/t24-/m0/s1. The maximum absolute atomic E-state index is 13.6. The van der Waals surface area contributed by atoms with E-state index in [1.165, 1.54) is 0 Å². The van der Waals surface area contributed by atoms with E-state index in [2.05, 4.69) is 15.6 Å². The first-order chi connectivity index (χ1) is 18.0. The Bertz CT molecular complexity index is 1460. The van der Waals surface area contributed by atoms with Crippen LogP contribution < -0.4 is 24.8 Å². The molecule has 1 amide bonds. The van der Waals surface area contributed by atoms with Crippen LogP contribution in [0.2, 0.25) is 0 Å². The summed E-state index contributed by atoms with van der Waals surface area (Å²) in [5.41, 5.74) is 3.32. The normalized spacial score (nSPS) is 14.4. The summed E-state index contributed by atoms with van der Waals surface area (Å²) in [6.45, 7) is 1.84. The maximum atomic E-state index is 13.6. The molecule has 10 heteroatoms. The summed E-state index contributed by atoms with van der Waals surface area (Å²) in [4.78, 5) is 22.4. The Labute approximate surface area is 213 Å². The van der Waals surface area contributed by atoms with Crippen LogP contribution in [-0.2, 0) is 4.79 Å². The molecule has 4 aromatic rings. The Kier molecular flexibility index (Phi) is 6.46. The summed E-state index contributed by atoms with van der Waals surface area (Å²) >= 11 is 0. The van der Waals surface area contributed by atoms with Gasteiger partial charge in [0.2, 0.25) is 5.95 Å². The highest BCUT2D eigenvalue weighted by molar-refractivity contribution is 6.06. The fourth-order valence-electron chi connectivity index (χ4n) is 4.27. The minimum Gasteiger partial charge on any atom is -0.497 e. The van der Waals surface area contributed by atoms with Gasteiger partial charge in [0.15, 0.2) is 17.3 Å². The second-order valence-corrected chi connectivity index (χ2v) is 8.31. The van der Waals surface area contributed by atoms with E-state index in [0.29, 0.717) is 40.2 Å². The second kappa shape index (κ2) is 10.0. The topological polar surface area (TPSA) is 112 Å². The van der Waals surface area contributed by atoms with Gasteiger partial charge in [-0.15, -0.1) is 5.10 Å². The number of pyridine rings is 1. The van der Waals surface area contributed by atoms with Gasteiger partial charge in [-0.25, -0.2) is 4.68 Å². The molecule has 2 aromatic carbocycles. The molecule has 0 bridgehead atoms. The van der Waals surface area contributed by atoms with Crippen LogP contribution >= 0.6 is 0 Å². The Morgan fingerprint density at radius 2 is 1.78 bits per heavy atom. The molecular formula is C27H26N6O4. The van der Waals surface area contributed by atoms with Gasteiger partial charge in [0.25, 0.3) is 5.91 Å². The third kappa shape index (κ3) is 4.56. The zero-order valence-electron chi connectivity index (χ0n) is 20.9. The molecule has 0 aliphatic carbocycles. The predicted octanol–water partition coefficient (Wildman–Crippen LogP) is 4.29. The molecule has 1 atom stereocenters. The summed E-state index contributed by atoms with van der Waals surface area (Å²) in [6, 6.07) is 16.0. The smallest absolute Gasteiger partial charge is 0.255 e. The average molecular weight is 499 g/mol. The van der Waals surface area contributed by atoms with Crippen molar-refractivity contribution in [3.8, 4) is 28.6 Å². The summed E-state index contributed by atoms with van der Waals surface area (Å²) < 4.78 is 18.0. The number of aromatic nitrogens is 4. The van der Waals surface area contributed by atoms with Crippen LogP contribution in [0.5, 0.6) is 17.2 Å². The highest BCUT2D eigenvalue weighted by Gasteiger charge is 2.35. The van der Waals surface area contributed by atoms with Crippen molar-refractivity contribution in [1.82, 2.24) is 19.7 Å². The first kappa shape index (κ1) is 23.9. The number of benzene rings is 2. The fraction of sp³-hybridized carbons (Fsp3) is 0.185. The highest BCUT2D eigenvalue weighted by Crippen LogP contribution is 2.39. The lowest BCUT2D eigenvalue weighted by atomic mass is 9.94. The molecule has 0 saturated heterocycles. The first-order valence-electron chi connectivity index (χ1n) is 11.5. The van der Waals surface area contributed by atoms with Gasteiger partial charge >= 0.3 is 0 Å². The zero-order chi connectivity index (χ0) is 25.9. The van der Waals surface area contributed by atoms with Gasteiger partial charge in [0.05, 0.1) is 38.8 Å². The van der Waals surface area contributed by atoms with Gasteiger partial charge in [-0.3, -0.25) is 9.78 Å². The Hall–Kier alpha value is -4.86. The van der Waals surface area contributed by atoms with Gasteiger partial charge in [-0.1, -0.05) is 6.07 Å². The molecule has 5 rings (SSSR count). The van der Waals surface area contributed by atoms with Crippen LogP contribution in [0.25, 0.3) is 11.4 Å². The molecule has 1 aliphatic heterocycles. The Morgan fingerprint density at radius 3 is 2.46 bits per heavy atom. The minimum absolute atomic E-state index is 0.287. The van der Waals surface area contributed by atoms with E-state index in [1.54, 1.807) is 50.5 Å². The summed E-state index contributed by atoms with van der Waals surface area (Å²) in [6.07, 6.45) is 3.25. The first-order valence-corrected chi connectivity index (χ1v) is 11.5. The van der Waals surface area contributed by atoms with E-state index in [9.17, 15) is 4.79 Å². The summed E-state index contributed by atoms with van der Waals surface area (Å²) in [5, 5.41) is 11.0. The molecular weight excluding hydrogens is 472 g/mol. The second-order valence-electron chi connectivity index (χ2n) is 8.31. The number of carbonyl (C=O) groups excluding carboxylic acids is 1. The predicted molar refractivity (Wildman–Crippen MR) is 139 cm³/mol. The molecule has 10 nitrogen and oxygen atoms in total. The van der Waals surface area contributed by atoms with Crippen LogP contribution in [0, 0.1) is 0 Å². The van der Waals surface area contributed by atoms with E-state index >= 15 is 0 Å². The minimum atomic E-state index is -0.591. The van der Waals surface area contributed by atoms with Crippen molar-refractivity contribution in [2.24, 2.45) is 0 Å². The number of nitrogens with one attached hydrogen (secondary N) is 2. The quantitative estimate of drug-likeness (QED) is 0.388. The van der Waals surface area contributed by atoms with E-state index < -0.39 is 6.04 Å². The summed E-state index contributed by atoms with van der Waals surface area (Å²) in [7, 11) is 4.77. The lowest BCUT2D eigenvalue weighted by Gasteiger charge is -2.29. The van der Waals surface area contributed by atoms with Crippen LogP contribution in [0.4, 0.5) is 11.6 Å².